The molecule has 0 bridgehead atoms. The Labute approximate surface area is 178 Å². The van der Waals surface area contributed by atoms with Gasteiger partial charge in [0.15, 0.2) is 5.13 Å². The first kappa shape index (κ1) is 20.7. The minimum absolute atomic E-state index is 0.0716. The molecule has 5 nitrogen and oxygen atoms in total. The van der Waals surface area contributed by atoms with E-state index < -0.39 is 6.04 Å². The predicted octanol–water partition coefficient (Wildman–Crippen LogP) is 4.67. The zero-order chi connectivity index (χ0) is 20.5. The lowest BCUT2D eigenvalue weighted by Crippen LogP contribution is -2.44. The highest BCUT2D eigenvalue weighted by Gasteiger charge is 2.38. The first-order valence-electron chi connectivity index (χ1n) is 8.75. The number of benzene rings is 1. The summed E-state index contributed by atoms with van der Waals surface area (Å²) in [6.07, 6.45) is 3.43. The third kappa shape index (κ3) is 4.51. The highest BCUT2D eigenvalue weighted by molar-refractivity contribution is 8.26. The lowest BCUT2D eigenvalue weighted by atomic mass is 9.87. The second-order valence-corrected chi connectivity index (χ2v) is 10.00. The molecule has 0 radical (unpaired) electrons. The summed E-state index contributed by atoms with van der Waals surface area (Å²) in [5.41, 5.74) is 2.22. The number of hydrogen-bond donors (Lipinski definition) is 1. The third-order valence-corrected chi connectivity index (χ3v) is 6.35. The van der Waals surface area contributed by atoms with Gasteiger partial charge >= 0.3 is 0 Å². The maximum Gasteiger partial charge on any atom is 0.266 e. The van der Waals surface area contributed by atoms with Crippen LogP contribution >= 0.6 is 35.3 Å². The standard InChI is InChI=1S/C20H21N3O2S3/c1-12(16(24)22-18-21-9-10-27-18)23-17(25)15(28-19(23)26)11-13-5-7-14(8-6-13)20(2,3)4/h5-12H,1-4H3,(H,21,22,24)/b15-11-. The summed E-state index contributed by atoms with van der Waals surface area (Å²) in [7, 11) is 0. The SMILES string of the molecule is CC(C(=O)Nc1nccs1)N1C(=O)/C(=C/c2ccc(C(C)(C)C)cc2)SC1=S. The van der Waals surface area contributed by atoms with Crippen LogP contribution in [0.1, 0.15) is 38.8 Å². The van der Waals surface area contributed by atoms with Gasteiger partial charge in [-0.15, -0.1) is 11.3 Å². The van der Waals surface area contributed by atoms with Crippen LogP contribution in [0, 0.1) is 0 Å². The lowest BCUT2D eigenvalue weighted by Gasteiger charge is -2.21. The second kappa shape index (κ2) is 8.14. The van der Waals surface area contributed by atoms with E-state index >= 15 is 0 Å². The Hall–Kier alpha value is -2.03. The summed E-state index contributed by atoms with van der Waals surface area (Å²) in [6, 6.07) is 7.40. The maximum absolute atomic E-state index is 12.9. The number of aromatic nitrogens is 1. The van der Waals surface area contributed by atoms with E-state index in [0.29, 0.717) is 14.4 Å². The number of thiocarbonyl (C=S) groups is 1. The Balaban J connectivity index is 1.75. The fourth-order valence-corrected chi connectivity index (χ4v) is 4.61. The average molecular weight is 432 g/mol. The van der Waals surface area contributed by atoms with E-state index in [1.54, 1.807) is 18.5 Å². The molecule has 1 fully saturated rings. The minimum atomic E-state index is -0.717. The van der Waals surface area contributed by atoms with Crippen LogP contribution in [-0.2, 0) is 15.0 Å². The number of amides is 2. The van der Waals surface area contributed by atoms with Gasteiger partial charge in [0, 0.05) is 11.6 Å². The van der Waals surface area contributed by atoms with Gasteiger partial charge in [0.1, 0.15) is 10.4 Å². The molecule has 2 heterocycles. The molecule has 2 aromatic rings. The molecule has 1 aliphatic rings. The molecule has 3 rings (SSSR count). The molecule has 1 aromatic heterocycles. The van der Waals surface area contributed by atoms with Gasteiger partial charge in [-0.05, 0) is 29.5 Å². The van der Waals surface area contributed by atoms with Crippen molar-refractivity contribution in [1.82, 2.24) is 9.88 Å². The molecule has 1 saturated heterocycles. The number of nitrogens with zero attached hydrogens (tertiary/aromatic N) is 2. The average Bonchev–Trinajstić information content (AvgIpc) is 3.22. The van der Waals surface area contributed by atoms with Crippen molar-refractivity contribution in [1.29, 1.82) is 0 Å². The summed E-state index contributed by atoms with van der Waals surface area (Å²) in [5, 5.41) is 4.98. The van der Waals surface area contributed by atoms with Crippen molar-refractivity contribution in [2.45, 2.75) is 39.2 Å². The molecule has 0 saturated carbocycles. The zero-order valence-electron chi connectivity index (χ0n) is 16.1. The molecule has 28 heavy (non-hydrogen) atoms. The third-order valence-electron chi connectivity index (χ3n) is 4.33. The van der Waals surface area contributed by atoms with Gasteiger partial charge in [0.05, 0.1) is 4.91 Å². The Bertz CT molecular complexity index is 929. The van der Waals surface area contributed by atoms with Crippen LogP contribution in [0.25, 0.3) is 6.08 Å². The van der Waals surface area contributed by atoms with E-state index in [0.717, 1.165) is 5.56 Å². The predicted molar refractivity (Wildman–Crippen MR) is 120 cm³/mol. The molecular weight excluding hydrogens is 410 g/mol. The van der Waals surface area contributed by atoms with Crippen LogP contribution in [0.2, 0.25) is 0 Å². The van der Waals surface area contributed by atoms with Crippen LogP contribution < -0.4 is 5.32 Å². The normalized spacial score (nSPS) is 17.3. The Kier molecular flexibility index (Phi) is 6.02. The van der Waals surface area contributed by atoms with Gasteiger partial charge < -0.3 is 5.32 Å². The van der Waals surface area contributed by atoms with Gasteiger partial charge in [-0.25, -0.2) is 4.98 Å². The van der Waals surface area contributed by atoms with Crippen molar-refractivity contribution in [3.63, 3.8) is 0 Å². The molecule has 0 spiro atoms. The van der Waals surface area contributed by atoms with Gasteiger partial charge in [0.2, 0.25) is 5.91 Å². The molecule has 1 atom stereocenters. The minimum Gasteiger partial charge on any atom is -0.300 e. The topological polar surface area (TPSA) is 62.3 Å². The van der Waals surface area contributed by atoms with Crippen molar-refractivity contribution < 1.29 is 9.59 Å². The fourth-order valence-electron chi connectivity index (χ4n) is 2.66. The molecule has 1 N–H and O–H groups in total. The van der Waals surface area contributed by atoms with Crippen LogP contribution in [0.3, 0.4) is 0 Å². The summed E-state index contributed by atoms with van der Waals surface area (Å²) < 4.78 is 0.379. The molecule has 2 amide bonds. The largest absolute Gasteiger partial charge is 0.300 e. The molecule has 8 heteroatoms. The Morgan fingerprint density at radius 1 is 1.29 bits per heavy atom. The first-order valence-corrected chi connectivity index (χ1v) is 10.9. The summed E-state index contributed by atoms with van der Waals surface area (Å²) in [4.78, 5) is 31.2. The van der Waals surface area contributed by atoms with E-state index in [-0.39, 0.29) is 17.2 Å². The molecule has 1 aromatic carbocycles. The molecule has 0 aliphatic carbocycles. The summed E-state index contributed by atoms with van der Waals surface area (Å²) in [5.74, 6) is -0.571. The summed E-state index contributed by atoms with van der Waals surface area (Å²) >= 11 is 7.90. The number of thiazole rings is 1. The highest BCUT2D eigenvalue weighted by Crippen LogP contribution is 2.34. The van der Waals surface area contributed by atoms with Crippen LogP contribution in [0.4, 0.5) is 5.13 Å². The van der Waals surface area contributed by atoms with E-state index in [2.05, 4.69) is 43.2 Å². The van der Waals surface area contributed by atoms with Crippen molar-refractivity contribution in [3.8, 4) is 0 Å². The number of carbonyl (C=O) groups excluding carboxylic acids is 2. The van der Waals surface area contributed by atoms with E-state index in [1.807, 2.05) is 18.2 Å². The van der Waals surface area contributed by atoms with Crippen LogP contribution in [-0.4, -0.2) is 32.1 Å². The van der Waals surface area contributed by atoms with Crippen LogP contribution in [0.5, 0.6) is 0 Å². The van der Waals surface area contributed by atoms with Crippen LogP contribution in [0.15, 0.2) is 40.7 Å². The number of anilines is 1. The first-order chi connectivity index (χ1) is 13.2. The quantitative estimate of drug-likeness (QED) is 0.563. The van der Waals surface area contributed by atoms with E-state index in [4.69, 9.17) is 12.2 Å². The van der Waals surface area contributed by atoms with E-state index in [9.17, 15) is 9.59 Å². The monoisotopic (exact) mass is 431 g/mol. The molecule has 1 unspecified atom stereocenters. The molecule has 1 aliphatic heterocycles. The van der Waals surface area contributed by atoms with Crippen molar-refractivity contribution >= 4 is 62.7 Å². The molecular formula is C20H21N3O2S3. The number of thioether (sulfide) groups is 1. The second-order valence-electron chi connectivity index (χ2n) is 7.43. The van der Waals surface area contributed by atoms with Gasteiger partial charge in [-0.1, -0.05) is 69.0 Å². The lowest BCUT2D eigenvalue weighted by molar-refractivity contribution is -0.129. The number of nitrogens with one attached hydrogen (secondary N) is 1. The fraction of sp³-hybridized carbons (Fsp3) is 0.300. The number of hydrogen-bond acceptors (Lipinski definition) is 6. The van der Waals surface area contributed by atoms with Crippen molar-refractivity contribution in [2.75, 3.05) is 5.32 Å². The summed E-state index contributed by atoms with van der Waals surface area (Å²) in [6.45, 7) is 8.14. The van der Waals surface area contributed by atoms with Gasteiger partial charge in [0.25, 0.3) is 5.91 Å². The van der Waals surface area contributed by atoms with Gasteiger partial charge in [-0.2, -0.15) is 0 Å². The van der Waals surface area contributed by atoms with Crippen molar-refractivity contribution in [2.24, 2.45) is 0 Å². The smallest absolute Gasteiger partial charge is 0.266 e. The maximum atomic E-state index is 12.9. The van der Waals surface area contributed by atoms with Crippen molar-refractivity contribution in [3.05, 3.63) is 51.9 Å². The Morgan fingerprint density at radius 2 is 1.96 bits per heavy atom. The van der Waals surface area contributed by atoms with Gasteiger partial charge in [-0.3, -0.25) is 14.5 Å². The van der Waals surface area contributed by atoms with E-state index in [1.165, 1.54) is 33.6 Å². The highest BCUT2D eigenvalue weighted by atomic mass is 32.2. The zero-order valence-corrected chi connectivity index (χ0v) is 18.5. The molecule has 146 valence electrons. The number of carbonyl (C=O) groups is 2. The Morgan fingerprint density at radius 3 is 2.54 bits per heavy atom. The number of rotatable bonds is 4.